The van der Waals surface area contributed by atoms with E-state index < -0.39 is 0 Å². The third-order valence-electron chi connectivity index (χ3n) is 2.74. The van der Waals surface area contributed by atoms with Crippen LogP contribution in [0.5, 0.6) is 5.75 Å². The van der Waals surface area contributed by atoms with Crippen LogP contribution in [0.25, 0.3) is 0 Å². The van der Waals surface area contributed by atoms with Crippen molar-refractivity contribution in [2.75, 3.05) is 13.2 Å². The van der Waals surface area contributed by atoms with Gasteiger partial charge in [0.05, 0.1) is 18.1 Å². The molecule has 0 aliphatic carbocycles. The monoisotopic (exact) mass is 255 g/mol. The number of para-hydroxylation sites is 1. The zero-order valence-electron chi connectivity index (χ0n) is 10.1. The molecule has 17 heavy (non-hydrogen) atoms. The van der Waals surface area contributed by atoms with Crippen LogP contribution in [0.4, 0.5) is 0 Å². The molecule has 1 heterocycles. The number of halogens is 1. The van der Waals surface area contributed by atoms with Crippen LogP contribution in [-0.4, -0.2) is 25.0 Å². The molecule has 0 saturated heterocycles. The van der Waals surface area contributed by atoms with E-state index in [0.717, 1.165) is 0 Å². The van der Waals surface area contributed by atoms with Crippen molar-refractivity contribution in [1.29, 1.82) is 0 Å². The van der Waals surface area contributed by atoms with Gasteiger partial charge in [-0.15, -0.1) is 12.4 Å². The third kappa shape index (κ3) is 3.20. The average Bonchev–Trinajstić information content (AvgIpc) is 2.28. The summed E-state index contributed by atoms with van der Waals surface area (Å²) < 4.78 is 5.58. The summed E-state index contributed by atoms with van der Waals surface area (Å²) in [6.45, 7) is 5.31. The average molecular weight is 256 g/mol. The lowest BCUT2D eigenvalue weighted by molar-refractivity contribution is 0.0828. The minimum absolute atomic E-state index is 0. The summed E-state index contributed by atoms with van der Waals surface area (Å²) in [4.78, 5) is 12.1. The van der Waals surface area contributed by atoms with Crippen LogP contribution in [0.3, 0.4) is 0 Å². The number of hydrogen-bond donors (Lipinski definition) is 1. The quantitative estimate of drug-likeness (QED) is 0.901. The van der Waals surface area contributed by atoms with Gasteiger partial charge in [-0.05, 0) is 12.1 Å². The Morgan fingerprint density at radius 1 is 1.41 bits per heavy atom. The highest BCUT2D eigenvalue weighted by Crippen LogP contribution is 2.26. The van der Waals surface area contributed by atoms with Crippen molar-refractivity contribution in [2.24, 2.45) is 5.92 Å². The molecule has 1 aliphatic rings. The van der Waals surface area contributed by atoms with Crippen molar-refractivity contribution in [3.63, 3.8) is 0 Å². The minimum atomic E-state index is -0.0581. The normalized spacial score (nSPS) is 18.3. The molecular weight excluding hydrogens is 238 g/mol. The van der Waals surface area contributed by atoms with Crippen molar-refractivity contribution in [2.45, 2.75) is 19.9 Å². The molecule has 1 aromatic carbocycles. The van der Waals surface area contributed by atoms with Gasteiger partial charge in [-0.25, -0.2) is 0 Å². The predicted molar refractivity (Wildman–Crippen MR) is 70.1 cm³/mol. The van der Waals surface area contributed by atoms with E-state index in [2.05, 4.69) is 19.2 Å². The second-order valence-corrected chi connectivity index (χ2v) is 4.43. The fourth-order valence-electron chi connectivity index (χ4n) is 1.81. The fraction of sp³-hybridized carbons (Fsp3) is 0.462. The number of hydrogen-bond acceptors (Lipinski definition) is 3. The van der Waals surface area contributed by atoms with E-state index in [-0.39, 0.29) is 24.1 Å². The van der Waals surface area contributed by atoms with Gasteiger partial charge in [0.1, 0.15) is 5.75 Å². The first kappa shape index (κ1) is 14.0. The maximum Gasteiger partial charge on any atom is 0.174 e. The summed E-state index contributed by atoms with van der Waals surface area (Å²) in [5, 5.41) is 3.28. The number of nitrogens with one attached hydrogen (secondary N) is 1. The summed E-state index contributed by atoms with van der Waals surface area (Å²) in [7, 11) is 0. The summed E-state index contributed by atoms with van der Waals surface area (Å²) >= 11 is 0. The number of fused-ring (bicyclic) bond motifs is 1. The third-order valence-corrected chi connectivity index (χ3v) is 2.74. The van der Waals surface area contributed by atoms with Crippen molar-refractivity contribution in [3.8, 4) is 5.75 Å². The molecule has 3 nitrogen and oxygen atoms in total. The van der Waals surface area contributed by atoms with E-state index in [1.807, 2.05) is 24.3 Å². The molecule has 0 fully saturated rings. The topological polar surface area (TPSA) is 38.3 Å². The fourth-order valence-corrected chi connectivity index (χ4v) is 1.81. The maximum atomic E-state index is 12.1. The largest absolute Gasteiger partial charge is 0.492 e. The number of benzene rings is 1. The number of ketones is 1. The van der Waals surface area contributed by atoms with Gasteiger partial charge < -0.3 is 10.1 Å². The Labute approximate surface area is 108 Å². The van der Waals surface area contributed by atoms with Gasteiger partial charge in [-0.1, -0.05) is 26.0 Å². The lowest BCUT2D eigenvalue weighted by Crippen LogP contribution is -2.38. The Morgan fingerprint density at radius 3 is 2.82 bits per heavy atom. The summed E-state index contributed by atoms with van der Waals surface area (Å²) in [5.74, 6) is 0.848. The summed E-state index contributed by atoms with van der Waals surface area (Å²) in [6.07, 6.45) is 0. The van der Waals surface area contributed by atoms with Crippen molar-refractivity contribution >= 4 is 18.2 Å². The molecule has 0 saturated carbocycles. The van der Waals surface area contributed by atoms with Crippen molar-refractivity contribution in [3.05, 3.63) is 29.8 Å². The van der Waals surface area contributed by atoms with Gasteiger partial charge in [0.15, 0.2) is 5.78 Å². The van der Waals surface area contributed by atoms with Crippen LogP contribution < -0.4 is 10.1 Å². The van der Waals surface area contributed by atoms with E-state index in [1.54, 1.807) is 0 Å². The minimum Gasteiger partial charge on any atom is -0.492 e. The zero-order valence-corrected chi connectivity index (χ0v) is 10.9. The van der Waals surface area contributed by atoms with Gasteiger partial charge in [0.25, 0.3) is 0 Å². The molecular formula is C13H18ClNO2. The molecule has 0 radical (unpaired) electrons. The molecule has 0 spiro atoms. The van der Waals surface area contributed by atoms with Gasteiger partial charge in [-0.3, -0.25) is 4.79 Å². The number of rotatable bonds is 3. The lowest BCUT2D eigenvalue weighted by atomic mass is 9.95. The highest BCUT2D eigenvalue weighted by Gasteiger charge is 2.28. The molecule has 0 aromatic heterocycles. The molecule has 4 heteroatoms. The second kappa shape index (κ2) is 6.03. The Morgan fingerprint density at radius 2 is 2.12 bits per heavy atom. The molecule has 2 rings (SSSR count). The van der Waals surface area contributed by atoms with Crippen LogP contribution >= 0.6 is 12.4 Å². The Kier molecular flexibility index (Phi) is 4.97. The van der Waals surface area contributed by atoms with Gasteiger partial charge in [-0.2, -0.15) is 0 Å². The summed E-state index contributed by atoms with van der Waals surface area (Å²) in [5.41, 5.74) is 0.712. The van der Waals surface area contributed by atoms with E-state index in [0.29, 0.717) is 30.5 Å². The molecule has 1 aromatic rings. The van der Waals surface area contributed by atoms with Gasteiger partial charge >= 0.3 is 0 Å². The van der Waals surface area contributed by atoms with E-state index in [9.17, 15) is 4.79 Å². The number of ether oxygens (including phenoxy) is 1. The van der Waals surface area contributed by atoms with Crippen molar-refractivity contribution in [1.82, 2.24) is 5.32 Å². The highest BCUT2D eigenvalue weighted by atomic mass is 35.5. The first-order chi connectivity index (χ1) is 7.68. The van der Waals surface area contributed by atoms with Crippen LogP contribution in [0, 0.1) is 5.92 Å². The second-order valence-electron chi connectivity index (χ2n) is 4.43. The maximum absolute atomic E-state index is 12.1. The molecule has 1 N–H and O–H groups in total. The van der Waals surface area contributed by atoms with Gasteiger partial charge in [0.2, 0.25) is 0 Å². The van der Waals surface area contributed by atoms with Crippen molar-refractivity contribution < 1.29 is 9.53 Å². The van der Waals surface area contributed by atoms with E-state index in [1.165, 1.54) is 0 Å². The predicted octanol–water partition coefficient (Wildman–Crippen LogP) is 2.30. The molecule has 94 valence electrons. The molecule has 1 unspecified atom stereocenters. The number of carbonyl (C=O) groups is 1. The Balaban J connectivity index is 0.00000144. The number of carbonyl (C=O) groups excluding carboxylic acids is 1. The van der Waals surface area contributed by atoms with Gasteiger partial charge in [0, 0.05) is 12.6 Å². The number of Topliss-reactive ketones (excluding diaryl/α,β-unsaturated/α-hetero) is 1. The SMILES string of the molecule is CC(C)NCC1COc2ccccc2C1=O.Cl. The van der Waals surface area contributed by atoms with Crippen LogP contribution in [-0.2, 0) is 0 Å². The van der Waals surface area contributed by atoms with E-state index >= 15 is 0 Å². The van der Waals surface area contributed by atoms with Crippen LogP contribution in [0.2, 0.25) is 0 Å². The first-order valence-corrected chi connectivity index (χ1v) is 5.68. The van der Waals surface area contributed by atoms with Crippen LogP contribution in [0.15, 0.2) is 24.3 Å². The zero-order chi connectivity index (χ0) is 11.5. The molecule has 0 amide bonds. The molecule has 0 bridgehead atoms. The highest BCUT2D eigenvalue weighted by molar-refractivity contribution is 6.01. The first-order valence-electron chi connectivity index (χ1n) is 5.68. The Bertz CT molecular complexity index is 393. The molecule has 1 aliphatic heterocycles. The Hall–Kier alpha value is -1.06. The smallest absolute Gasteiger partial charge is 0.174 e. The lowest BCUT2D eigenvalue weighted by Gasteiger charge is -2.24. The van der Waals surface area contributed by atoms with Crippen LogP contribution in [0.1, 0.15) is 24.2 Å². The van der Waals surface area contributed by atoms with E-state index in [4.69, 9.17) is 4.74 Å². The summed E-state index contributed by atoms with van der Waals surface area (Å²) in [6, 6.07) is 7.83. The molecule has 1 atom stereocenters. The standard InChI is InChI=1S/C13H17NO2.ClH/c1-9(2)14-7-10-8-16-12-6-4-3-5-11(12)13(10)15;/h3-6,9-10,14H,7-8H2,1-2H3;1H.